The van der Waals surface area contributed by atoms with E-state index in [1.54, 1.807) is 24.3 Å². The Kier molecular flexibility index (Phi) is 12.2. The molecule has 30 heavy (non-hydrogen) atoms. The third-order valence-corrected chi connectivity index (χ3v) is 4.66. The van der Waals surface area contributed by atoms with Crippen molar-refractivity contribution in [2.75, 3.05) is 36.5 Å². The minimum Gasteiger partial charge on any atom is -0.481 e. The summed E-state index contributed by atoms with van der Waals surface area (Å²) in [6.45, 7) is 4.76. The summed E-state index contributed by atoms with van der Waals surface area (Å²) in [7, 11) is 0. The number of ether oxygens (including phenoxy) is 1. The van der Waals surface area contributed by atoms with Crippen molar-refractivity contribution < 1.29 is 29.6 Å². The van der Waals surface area contributed by atoms with Crippen LogP contribution in [0, 0.1) is 5.92 Å². The number of hydrogen-bond donors (Lipinski definition) is 4. The number of allylic oxidation sites excluding steroid dienone is 1. The average molecular weight is 423 g/mol. The van der Waals surface area contributed by atoms with Crippen LogP contribution in [-0.4, -0.2) is 59.8 Å². The van der Waals surface area contributed by atoms with E-state index in [1.165, 1.54) is 0 Å². The summed E-state index contributed by atoms with van der Waals surface area (Å²) < 4.78 is 5.41. The second-order valence-electron chi connectivity index (χ2n) is 6.67. The number of rotatable bonds is 8. The number of carbonyl (C=O) groups is 2. The number of amides is 1. The Morgan fingerprint density at radius 1 is 1.07 bits per heavy atom. The number of aliphatic carboxylic acids is 1. The van der Waals surface area contributed by atoms with Gasteiger partial charge in [-0.1, -0.05) is 19.9 Å². The molecule has 2 atom stereocenters. The van der Waals surface area contributed by atoms with Crippen molar-refractivity contribution in [3.63, 3.8) is 0 Å². The summed E-state index contributed by atoms with van der Waals surface area (Å²) in [5.41, 5.74) is 1.38. The van der Waals surface area contributed by atoms with E-state index in [1.807, 2.05) is 30.9 Å². The molecule has 0 bridgehead atoms. The number of nitrogens with one attached hydrogen (secondary N) is 1. The first-order valence-corrected chi connectivity index (χ1v) is 10.5. The number of anilines is 2. The molecular formula is C22H34N2O6. The van der Waals surface area contributed by atoms with E-state index in [4.69, 9.17) is 14.9 Å². The lowest BCUT2D eigenvalue weighted by Crippen LogP contribution is -2.29. The molecule has 8 heteroatoms. The highest BCUT2D eigenvalue weighted by Gasteiger charge is 2.21. The molecule has 1 aliphatic carbocycles. The summed E-state index contributed by atoms with van der Waals surface area (Å²) >= 11 is 0. The predicted octanol–water partition coefficient (Wildman–Crippen LogP) is 3.25. The topological polar surface area (TPSA) is 119 Å². The van der Waals surface area contributed by atoms with E-state index >= 15 is 0 Å². The van der Waals surface area contributed by atoms with E-state index in [0.29, 0.717) is 44.5 Å². The number of aliphatic hydroxyl groups excluding tert-OH is 2. The van der Waals surface area contributed by atoms with Crippen molar-refractivity contribution in [3.8, 4) is 0 Å². The molecule has 0 aromatic heterocycles. The molecule has 1 aromatic carbocycles. The van der Waals surface area contributed by atoms with Gasteiger partial charge < -0.3 is 25.0 Å². The number of aliphatic hydroxyl groups is 2. The number of hydrogen-bond acceptors (Lipinski definition) is 6. The highest BCUT2D eigenvalue weighted by atomic mass is 16.6. The van der Waals surface area contributed by atoms with Crippen LogP contribution in [-0.2, 0) is 9.53 Å². The van der Waals surface area contributed by atoms with Crippen LogP contribution < -0.4 is 10.2 Å². The Balaban J connectivity index is 0.00000218. The summed E-state index contributed by atoms with van der Waals surface area (Å²) in [5.74, 6) is -1.22. The van der Waals surface area contributed by atoms with Crippen molar-refractivity contribution in [2.24, 2.45) is 5.92 Å². The van der Waals surface area contributed by atoms with Crippen molar-refractivity contribution in [1.29, 1.82) is 0 Å². The maximum atomic E-state index is 12.2. The van der Waals surface area contributed by atoms with Crippen LogP contribution in [0.3, 0.4) is 0 Å². The van der Waals surface area contributed by atoms with Crippen LogP contribution in [0.25, 0.3) is 0 Å². The molecule has 8 nitrogen and oxygen atoms in total. The van der Waals surface area contributed by atoms with E-state index in [2.05, 4.69) is 5.32 Å². The molecule has 1 amide bonds. The van der Waals surface area contributed by atoms with Gasteiger partial charge in [0, 0.05) is 24.5 Å². The number of benzene rings is 1. The van der Waals surface area contributed by atoms with Gasteiger partial charge in [0.2, 0.25) is 0 Å². The van der Waals surface area contributed by atoms with Gasteiger partial charge in [-0.05, 0) is 56.0 Å². The van der Waals surface area contributed by atoms with Gasteiger partial charge in [0.05, 0.1) is 19.1 Å². The minimum absolute atomic E-state index is 0.0238. The van der Waals surface area contributed by atoms with Gasteiger partial charge in [-0.25, -0.2) is 4.79 Å². The Morgan fingerprint density at radius 2 is 1.70 bits per heavy atom. The monoisotopic (exact) mass is 422 g/mol. The molecule has 0 radical (unpaired) electrons. The fraction of sp³-hybridized carbons (Fsp3) is 0.545. The zero-order valence-corrected chi connectivity index (χ0v) is 17.8. The van der Waals surface area contributed by atoms with Crippen LogP contribution in [0.2, 0.25) is 0 Å². The zero-order chi connectivity index (χ0) is 22.4. The molecular weight excluding hydrogens is 388 g/mol. The van der Waals surface area contributed by atoms with Crippen LogP contribution in [0.4, 0.5) is 16.2 Å². The fourth-order valence-corrected chi connectivity index (χ4v) is 3.15. The molecule has 0 saturated carbocycles. The van der Waals surface area contributed by atoms with Crippen molar-refractivity contribution in [2.45, 2.75) is 45.6 Å². The average Bonchev–Trinajstić information content (AvgIpc) is 2.72. The lowest BCUT2D eigenvalue weighted by Gasteiger charge is -2.23. The van der Waals surface area contributed by atoms with Crippen molar-refractivity contribution in [1.82, 2.24) is 0 Å². The quantitative estimate of drug-likeness (QED) is 0.475. The van der Waals surface area contributed by atoms with Crippen LogP contribution in [0.5, 0.6) is 0 Å². The molecule has 0 aliphatic heterocycles. The largest absolute Gasteiger partial charge is 0.481 e. The Bertz CT molecular complexity index is 656. The standard InChI is InChI=1S/C20H28N2O6.C2H6/c23-13-11-22(12-14-24)17-8-6-16(7-9-17)21-20(27)28-18-4-2-1-3-15(5-10-18)19(25)26;1-2/h2,4,6-9,15,18,23-24H,1,3,5,10-14H2,(H,21,27)(H,25,26);1-2H3/b4-2+;/t15-,18?;/m1./s1. The molecule has 1 aliphatic rings. The van der Waals surface area contributed by atoms with Crippen LogP contribution >= 0.6 is 0 Å². The Morgan fingerprint density at radius 3 is 2.27 bits per heavy atom. The van der Waals surface area contributed by atoms with Gasteiger partial charge in [-0.3, -0.25) is 10.1 Å². The Hall–Kier alpha value is -2.58. The van der Waals surface area contributed by atoms with E-state index < -0.39 is 24.1 Å². The first kappa shape index (κ1) is 25.5. The van der Waals surface area contributed by atoms with Gasteiger partial charge in [0.25, 0.3) is 0 Å². The first-order chi connectivity index (χ1) is 14.5. The normalized spacial score (nSPS) is 19.3. The molecule has 1 unspecified atom stereocenters. The number of carboxylic acids is 1. The van der Waals surface area contributed by atoms with Crippen LogP contribution in [0.1, 0.15) is 39.5 Å². The van der Waals surface area contributed by atoms with E-state index in [-0.39, 0.29) is 13.2 Å². The molecule has 168 valence electrons. The van der Waals surface area contributed by atoms with Gasteiger partial charge in [-0.2, -0.15) is 0 Å². The molecule has 0 saturated heterocycles. The van der Waals surface area contributed by atoms with Gasteiger partial charge in [-0.15, -0.1) is 0 Å². The summed E-state index contributed by atoms with van der Waals surface area (Å²) in [4.78, 5) is 25.2. The third-order valence-electron chi connectivity index (χ3n) is 4.66. The number of carbonyl (C=O) groups excluding carboxylic acids is 1. The SMILES string of the molecule is CC.O=C(Nc1ccc(N(CCO)CCO)cc1)OC1/C=C/CC[C@@H](C(=O)O)CC1. The maximum absolute atomic E-state index is 12.2. The zero-order valence-electron chi connectivity index (χ0n) is 17.8. The highest BCUT2D eigenvalue weighted by Crippen LogP contribution is 2.22. The fourth-order valence-electron chi connectivity index (χ4n) is 3.15. The molecule has 1 aromatic rings. The predicted molar refractivity (Wildman–Crippen MR) is 117 cm³/mol. The van der Waals surface area contributed by atoms with Gasteiger partial charge in [0.1, 0.15) is 6.10 Å². The summed E-state index contributed by atoms with van der Waals surface area (Å²) in [5, 5.41) is 30.0. The lowest BCUT2D eigenvalue weighted by molar-refractivity contribution is -0.142. The lowest BCUT2D eigenvalue weighted by atomic mass is 9.93. The smallest absolute Gasteiger partial charge is 0.412 e. The molecule has 4 N–H and O–H groups in total. The number of carboxylic acid groups (broad SMARTS) is 1. The molecule has 0 spiro atoms. The van der Waals surface area contributed by atoms with Gasteiger partial charge in [0.15, 0.2) is 0 Å². The molecule has 0 heterocycles. The van der Waals surface area contributed by atoms with E-state index in [0.717, 1.165) is 5.69 Å². The molecule has 2 rings (SSSR count). The molecule has 0 fully saturated rings. The summed E-state index contributed by atoms with van der Waals surface area (Å²) in [6.07, 6.45) is 4.80. The highest BCUT2D eigenvalue weighted by molar-refractivity contribution is 5.85. The van der Waals surface area contributed by atoms with E-state index in [9.17, 15) is 14.7 Å². The van der Waals surface area contributed by atoms with Crippen LogP contribution in [0.15, 0.2) is 36.4 Å². The third kappa shape index (κ3) is 8.84. The maximum Gasteiger partial charge on any atom is 0.412 e. The van der Waals surface area contributed by atoms with Crippen molar-refractivity contribution in [3.05, 3.63) is 36.4 Å². The first-order valence-electron chi connectivity index (χ1n) is 10.5. The second kappa shape index (κ2) is 14.4. The summed E-state index contributed by atoms with van der Waals surface area (Å²) in [6, 6.07) is 7.00. The number of nitrogens with zero attached hydrogens (tertiary/aromatic N) is 1. The Labute approximate surface area is 178 Å². The second-order valence-corrected chi connectivity index (χ2v) is 6.67. The minimum atomic E-state index is -0.810. The van der Waals surface area contributed by atoms with Crippen molar-refractivity contribution >= 4 is 23.4 Å². The van der Waals surface area contributed by atoms with Gasteiger partial charge >= 0.3 is 12.1 Å².